The van der Waals surface area contributed by atoms with Gasteiger partial charge in [-0.3, -0.25) is 9.78 Å². The Morgan fingerprint density at radius 3 is 3.00 bits per heavy atom. The minimum Gasteiger partial charge on any atom is -0.480 e. The summed E-state index contributed by atoms with van der Waals surface area (Å²) in [5.41, 5.74) is 0. The molecule has 0 aliphatic carbocycles. The number of rotatable bonds is 4. The summed E-state index contributed by atoms with van der Waals surface area (Å²) in [4.78, 5) is 21.7. The Kier molecular flexibility index (Phi) is 4.54. The summed E-state index contributed by atoms with van der Waals surface area (Å²) >= 11 is 0. The first kappa shape index (κ1) is 13.6. The third-order valence-electron chi connectivity index (χ3n) is 3.12. The van der Waals surface area contributed by atoms with Crippen LogP contribution in [0.25, 0.3) is 0 Å². The van der Waals surface area contributed by atoms with E-state index in [4.69, 9.17) is 9.47 Å². The molecule has 1 unspecified atom stereocenters. The Morgan fingerprint density at radius 1 is 1.47 bits per heavy atom. The third kappa shape index (κ3) is 3.56. The molecule has 1 aromatic rings. The summed E-state index contributed by atoms with van der Waals surface area (Å²) in [5, 5.41) is 0. The van der Waals surface area contributed by atoms with Crippen LogP contribution in [-0.2, 0) is 4.79 Å². The summed E-state index contributed by atoms with van der Waals surface area (Å²) in [7, 11) is 1.54. The van der Waals surface area contributed by atoms with Crippen molar-refractivity contribution in [2.24, 2.45) is 0 Å². The molecule has 0 aromatic carbocycles. The standard InChI is InChI=1S/C13H19N3O3/c1-3-13(17)16-6-4-5-10(9-16)19-12-8-14-7-11(15-12)18-2/h7-8,10H,3-6,9H2,1-2H3. The summed E-state index contributed by atoms with van der Waals surface area (Å²) in [6.07, 6.45) is 5.47. The molecule has 2 rings (SSSR count). The lowest BCUT2D eigenvalue weighted by Gasteiger charge is -2.32. The molecular weight excluding hydrogens is 246 g/mol. The average Bonchev–Trinajstić information content (AvgIpc) is 2.47. The zero-order chi connectivity index (χ0) is 13.7. The number of hydrogen-bond donors (Lipinski definition) is 0. The molecule has 1 amide bonds. The van der Waals surface area contributed by atoms with Crippen molar-refractivity contribution < 1.29 is 14.3 Å². The smallest absolute Gasteiger partial charge is 0.235 e. The molecule has 104 valence electrons. The highest BCUT2D eigenvalue weighted by Gasteiger charge is 2.24. The topological polar surface area (TPSA) is 64.6 Å². The van der Waals surface area contributed by atoms with Crippen molar-refractivity contribution in [3.8, 4) is 11.8 Å². The van der Waals surface area contributed by atoms with Crippen molar-refractivity contribution in [1.29, 1.82) is 0 Å². The fourth-order valence-corrected chi connectivity index (χ4v) is 2.14. The number of likely N-dealkylation sites (tertiary alicyclic amines) is 1. The molecule has 0 N–H and O–H groups in total. The van der Waals surface area contributed by atoms with Crippen LogP contribution in [0.2, 0.25) is 0 Å². The second-order valence-electron chi connectivity index (χ2n) is 4.48. The van der Waals surface area contributed by atoms with Crippen molar-refractivity contribution in [2.45, 2.75) is 32.3 Å². The average molecular weight is 265 g/mol. The van der Waals surface area contributed by atoms with Crippen LogP contribution in [-0.4, -0.2) is 47.1 Å². The van der Waals surface area contributed by atoms with E-state index < -0.39 is 0 Å². The van der Waals surface area contributed by atoms with Gasteiger partial charge in [-0.05, 0) is 12.8 Å². The fraction of sp³-hybridized carbons (Fsp3) is 0.615. The minimum absolute atomic E-state index is 0.0225. The normalized spacial score (nSPS) is 19.1. The molecule has 1 aromatic heterocycles. The monoisotopic (exact) mass is 265 g/mol. The zero-order valence-corrected chi connectivity index (χ0v) is 11.3. The lowest BCUT2D eigenvalue weighted by atomic mass is 10.1. The molecule has 0 saturated carbocycles. The van der Waals surface area contributed by atoms with E-state index in [-0.39, 0.29) is 12.0 Å². The Labute approximate surface area is 112 Å². The lowest BCUT2D eigenvalue weighted by Crippen LogP contribution is -2.44. The van der Waals surface area contributed by atoms with Crippen LogP contribution in [0.3, 0.4) is 0 Å². The maximum Gasteiger partial charge on any atom is 0.235 e. The minimum atomic E-state index is -0.0225. The predicted molar refractivity (Wildman–Crippen MR) is 69.1 cm³/mol. The molecular formula is C13H19N3O3. The second kappa shape index (κ2) is 6.36. The van der Waals surface area contributed by atoms with Crippen molar-refractivity contribution in [3.63, 3.8) is 0 Å². The maximum atomic E-state index is 11.7. The second-order valence-corrected chi connectivity index (χ2v) is 4.48. The molecule has 0 spiro atoms. The Balaban J connectivity index is 1.96. The summed E-state index contributed by atoms with van der Waals surface area (Å²) < 4.78 is 10.8. The Morgan fingerprint density at radius 2 is 2.26 bits per heavy atom. The van der Waals surface area contributed by atoms with Gasteiger partial charge in [-0.2, -0.15) is 4.98 Å². The first-order valence-electron chi connectivity index (χ1n) is 6.53. The van der Waals surface area contributed by atoms with Gasteiger partial charge in [0.2, 0.25) is 17.7 Å². The molecule has 0 bridgehead atoms. The molecule has 1 aliphatic rings. The van der Waals surface area contributed by atoms with Crippen LogP contribution in [0.5, 0.6) is 11.8 Å². The number of amides is 1. The number of aromatic nitrogens is 2. The van der Waals surface area contributed by atoms with Crippen LogP contribution in [0.1, 0.15) is 26.2 Å². The van der Waals surface area contributed by atoms with E-state index in [1.807, 2.05) is 11.8 Å². The van der Waals surface area contributed by atoms with Crippen molar-refractivity contribution in [3.05, 3.63) is 12.4 Å². The largest absolute Gasteiger partial charge is 0.480 e. The number of carbonyl (C=O) groups is 1. The summed E-state index contributed by atoms with van der Waals surface area (Å²) in [6.45, 7) is 3.31. The van der Waals surface area contributed by atoms with Gasteiger partial charge in [0, 0.05) is 13.0 Å². The highest BCUT2D eigenvalue weighted by atomic mass is 16.5. The van der Waals surface area contributed by atoms with Crippen LogP contribution >= 0.6 is 0 Å². The first-order valence-corrected chi connectivity index (χ1v) is 6.53. The molecule has 6 heteroatoms. The number of carbonyl (C=O) groups excluding carboxylic acids is 1. The zero-order valence-electron chi connectivity index (χ0n) is 11.3. The number of piperidine rings is 1. The molecule has 6 nitrogen and oxygen atoms in total. The van der Waals surface area contributed by atoms with E-state index in [9.17, 15) is 4.79 Å². The number of ether oxygens (including phenoxy) is 2. The summed E-state index contributed by atoms with van der Waals surface area (Å²) in [5.74, 6) is 1.04. The van der Waals surface area contributed by atoms with E-state index in [0.717, 1.165) is 19.4 Å². The van der Waals surface area contributed by atoms with Gasteiger partial charge >= 0.3 is 0 Å². The maximum absolute atomic E-state index is 11.7. The van der Waals surface area contributed by atoms with Crippen LogP contribution < -0.4 is 9.47 Å². The number of hydrogen-bond acceptors (Lipinski definition) is 5. The van der Waals surface area contributed by atoms with Crippen molar-refractivity contribution in [2.75, 3.05) is 20.2 Å². The van der Waals surface area contributed by atoms with Crippen molar-refractivity contribution >= 4 is 5.91 Å². The SMILES string of the molecule is CCC(=O)N1CCCC(Oc2cncc(OC)n2)C1. The Bertz CT molecular complexity index is 439. The quantitative estimate of drug-likeness (QED) is 0.820. The van der Waals surface area contributed by atoms with Gasteiger partial charge in [0.15, 0.2) is 0 Å². The molecule has 1 aliphatic heterocycles. The van der Waals surface area contributed by atoms with Gasteiger partial charge < -0.3 is 14.4 Å². The molecule has 0 radical (unpaired) electrons. The molecule has 1 fully saturated rings. The molecule has 2 heterocycles. The van der Waals surface area contributed by atoms with Gasteiger partial charge in [0.1, 0.15) is 6.10 Å². The third-order valence-corrected chi connectivity index (χ3v) is 3.12. The lowest BCUT2D eigenvalue weighted by molar-refractivity contribution is -0.133. The van der Waals surface area contributed by atoms with Crippen LogP contribution in [0.15, 0.2) is 12.4 Å². The van der Waals surface area contributed by atoms with Crippen LogP contribution in [0, 0.1) is 0 Å². The van der Waals surface area contributed by atoms with E-state index in [1.54, 1.807) is 6.20 Å². The Hall–Kier alpha value is -1.85. The van der Waals surface area contributed by atoms with Gasteiger partial charge in [0.25, 0.3) is 0 Å². The predicted octanol–water partition coefficient (Wildman–Crippen LogP) is 1.26. The number of methoxy groups -OCH3 is 1. The summed E-state index contributed by atoms with van der Waals surface area (Å²) in [6, 6.07) is 0. The van der Waals surface area contributed by atoms with Gasteiger partial charge in [-0.15, -0.1) is 0 Å². The molecule has 1 atom stereocenters. The first-order chi connectivity index (χ1) is 9.22. The molecule has 1 saturated heterocycles. The van der Waals surface area contributed by atoms with Gasteiger partial charge in [-0.25, -0.2) is 0 Å². The van der Waals surface area contributed by atoms with Gasteiger partial charge in [0.05, 0.1) is 26.0 Å². The number of nitrogens with zero attached hydrogens (tertiary/aromatic N) is 3. The van der Waals surface area contributed by atoms with Crippen molar-refractivity contribution in [1.82, 2.24) is 14.9 Å². The van der Waals surface area contributed by atoms with E-state index in [0.29, 0.717) is 24.7 Å². The fourth-order valence-electron chi connectivity index (χ4n) is 2.14. The van der Waals surface area contributed by atoms with Crippen LogP contribution in [0.4, 0.5) is 0 Å². The van der Waals surface area contributed by atoms with E-state index >= 15 is 0 Å². The molecule has 19 heavy (non-hydrogen) atoms. The van der Waals surface area contributed by atoms with E-state index in [1.165, 1.54) is 13.3 Å². The highest BCUT2D eigenvalue weighted by molar-refractivity contribution is 5.75. The van der Waals surface area contributed by atoms with E-state index in [2.05, 4.69) is 9.97 Å². The van der Waals surface area contributed by atoms with Gasteiger partial charge in [-0.1, -0.05) is 6.92 Å². The highest BCUT2D eigenvalue weighted by Crippen LogP contribution is 2.18.